The van der Waals surface area contributed by atoms with Crippen LogP contribution in [-0.2, 0) is 24.8 Å². The van der Waals surface area contributed by atoms with Crippen LogP contribution in [0.15, 0.2) is 53.4 Å². The summed E-state index contributed by atoms with van der Waals surface area (Å²) in [5, 5.41) is 2.67. The van der Waals surface area contributed by atoms with E-state index >= 15 is 0 Å². The molecule has 0 spiro atoms. The predicted octanol–water partition coefficient (Wildman–Crippen LogP) is 2.57. The molecule has 2 aromatic carbocycles. The molecule has 2 aromatic rings. The van der Waals surface area contributed by atoms with E-state index in [0.29, 0.717) is 24.5 Å². The maximum absolute atomic E-state index is 12.8. The van der Waals surface area contributed by atoms with Gasteiger partial charge in [0.1, 0.15) is 6.04 Å². The molecule has 1 N–H and O–H groups in total. The quantitative estimate of drug-likeness (QED) is 0.677. The number of hydrogen-bond acceptors (Lipinski definition) is 5. The maximum atomic E-state index is 12.8. The molecule has 1 unspecified atom stereocenters. The zero-order valence-electron chi connectivity index (χ0n) is 17.8. The lowest BCUT2D eigenvalue weighted by Gasteiger charge is -2.28. The van der Waals surface area contributed by atoms with Gasteiger partial charge in [-0.05, 0) is 63.1 Å². The second-order valence-corrected chi connectivity index (χ2v) is 11.5. The number of nitrogens with one attached hydrogen (secondary N) is 1. The Bertz CT molecular complexity index is 1140. The van der Waals surface area contributed by atoms with Crippen molar-refractivity contribution in [1.29, 1.82) is 0 Å². The van der Waals surface area contributed by atoms with Gasteiger partial charge in [0.2, 0.25) is 26.0 Å². The average molecular weight is 466 g/mol. The molecule has 0 radical (unpaired) electrons. The Hall–Kier alpha value is -2.43. The molecule has 1 heterocycles. The van der Waals surface area contributed by atoms with Crippen molar-refractivity contribution in [3.05, 3.63) is 54.1 Å². The smallest absolute Gasteiger partial charge is 0.247 e. The van der Waals surface area contributed by atoms with Crippen LogP contribution in [-0.4, -0.2) is 52.4 Å². The molecule has 1 saturated heterocycles. The van der Waals surface area contributed by atoms with Gasteiger partial charge >= 0.3 is 0 Å². The fourth-order valence-corrected chi connectivity index (χ4v) is 6.23. The van der Waals surface area contributed by atoms with Gasteiger partial charge < -0.3 is 5.32 Å². The highest BCUT2D eigenvalue weighted by Crippen LogP contribution is 2.24. The standard InChI is InChI=1S/C21H27N3O5S2/c1-16-6-10-19(11-7-16)24(30(3,26)27)17(2)21(25)22-18-8-12-20(13-9-18)31(28,29)23-14-4-5-15-23/h6-13,17H,4-5,14-15H2,1-3H3,(H,22,25). The molecule has 31 heavy (non-hydrogen) atoms. The van der Waals surface area contributed by atoms with Gasteiger partial charge in [-0.15, -0.1) is 0 Å². The molecule has 0 aromatic heterocycles. The summed E-state index contributed by atoms with van der Waals surface area (Å²) in [7, 11) is -7.25. The van der Waals surface area contributed by atoms with Crippen molar-refractivity contribution >= 4 is 37.3 Å². The van der Waals surface area contributed by atoms with Crippen molar-refractivity contribution in [2.75, 3.05) is 29.0 Å². The highest BCUT2D eigenvalue weighted by molar-refractivity contribution is 7.92. The van der Waals surface area contributed by atoms with Crippen LogP contribution >= 0.6 is 0 Å². The Morgan fingerprint density at radius 3 is 2.03 bits per heavy atom. The summed E-state index contributed by atoms with van der Waals surface area (Å²) in [6.07, 6.45) is 2.75. The Morgan fingerprint density at radius 1 is 0.968 bits per heavy atom. The number of amides is 1. The lowest BCUT2D eigenvalue weighted by Crippen LogP contribution is -2.45. The predicted molar refractivity (Wildman–Crippen MR) is 121 cm³/mol. The summed E-state index contributed by atoms with van der Waals surface area (Å²) in [5.74, 6) is -0.527. The molecule has 168 valence electrons. The molecule has 1 aliphatic heterocycles. The fourth-order valence-electron chi connectivity index (χ4n) is 3.53. The van der Waals surface area contributed by atoms with Crippen molar-refractivity contribution in [1.82, 2.24) is 4.31 Å². The summed E-state index contributed by atoms with van der Waals surface area (Å²) >= 11 is 0. The number of carbonyl (C=O) groups is 1. The van der Waals surface area contributed by atoms with Crippen LogP contribution < -0.4 is 9.62 Å². The van der Waals surface area contributed by atoms with Gasteiger partial charge in [-0.25, -0.2) is 16.8 Å². The van der Waals surface area contributed by atoms with Crippen LogP contribution in [0, 0.1) is 6.92 Å². The zero-order valence-corrected chi connectivity index (χ0v) is 19.4. The number of nitrogens with zero attached hydrogens (tertiary/aromatic N) is 2. The monoisotopic (exact) mass is 465 g/mol. The first-order valence-electron chi connectivity index (χ1n) is 9.97. The first kappa shape index (κ1) is 23.2. The molecule has 1 aliphatic rings. The van der Waals surface area contributed by atoms with Crippen molar-refractivity contribution in [2.24, 2.45) is 0 Å². The average Bonchev–Trinajstić information content (AvgIpc) is 3.25. The van der Waals surface area contributed by atoms with E-state index in [9.17, 15) is 21.6 Å². The second kappa shape index (κ2) is 8.97. The highest BCUT2D eigenvalue weighted by atomic mass is 32.2. The lowest BCUT2D eigenvalue weighted by atomic mass is 10.2. The molecule has 8 nitrogen and oxygen atoms in total. The largest absolute Gasteiger partial charge is 0.324 e. The second-order valence-electron chi connectivity index (χ2n) is 7.70. The fraction of sp³-hybridized carbons (Fsp3) is 0.381. The van der Waals surface area contributed by atoms with Crippen molar-refractivity contribution in [3.63, 3.8) is 0 Å². The molecule has 1 atom stereocenters. The zero-order chi connectivity index (χ0) is 22.8. The van der Waals surface area contributed by atoms with E-state index in [1.54, 1.807) is 24.3 Å². The minimum atomic E-state index is -3.72. The first-order valence-corrected chi connectivity index (χ1v) is 13.3. The normalized spacial score (nSPS) is 16.1. The number of rotatable bonds is 7. The minimum absolute atomic E-state index is 0.165. The maximum Gasteiger partial charge on any atom is 0.247 e. The van der Waals surface area contributed by atoms with Crippen LogP contribution in [0.4, 0.5) is 11.4 Å². The van der Waals surface area contributed by atoms with Gasteiger partial charge in [-0.3, -0.25) is 9.10 Å². The molecule has 10 heteroatoms. The van der Waals surface area contributed by atoms with Crippen LogP contribution in [0.3, 0.4) is 0 Å². The van der Waals surface area contributed by atoms with E-state index in [0.717, 1.165) is 29.0 Å². The summed E-state index contributed by atoms with van der Waals surface area (Å²) in [5.41, 5.74) is 1.75. The number of aryl methyl sites for hydroxylation is 1. The van der Waals surface area contributed by atoms with Crippen LogP contribution in [0.5, 0.6) is 0 Å². The van der Waals surface area contributed by atoms with Gasteiger partial charge in [0.15, 0.2) is 0 Å². The van der Waals surface area contributed by atoms with Crippen molar-refractivity contribution in [2.45, 2.75) is 37.6 Å². The van der Waals surface area contributed by atoms with Gasteiger partial charge in [0, 0.05) is 18.8 Å². The number of benzene rings is 2. The molecule has 0 bridgehead atoms. The third-order valence-electron chi connectivity index (χ3n) is 5.20. The molecule has 3 rings (SSSR count). The van der Waals surface area contributed by atoms with Crippen LogP contribution in [0.25, 0.3) is 0 Å². The molecule has 0 aliphatic carbocycles. The van der Waals surface area contributed by atoms with E-state index in [4.69, 9.17) is 0 Å². The number of sulfonamides is 2. The van der Waals surface area contributed by atoms with Gasteiger partial charge in [0.05, 0.1) is 16.8 Å². The Labute approximate surface area is 184 Å². The van der Waals surface area contributed by atoms with E-state index in [1.165, 1.54) is 35.5 Å². The molecular formula is C21H27N3O5S2. The van der Waals surface area contributed by atoms with Crippen molar-refractivity contribution in [3.8, 4) is 0 Å². The molecule has 1 fully saturated rings. The van der Waals surface area contributed by atoms with Gasteiger partial charge in [0.25, 0.3) is 0 Å². The summed E-state index contributed by atoms with van der Waals surface area (Å²) in [6, 6.07) is 11.7. The molecule has 0 saturated carbocycles. The molecular weight excluding hydrogens is 438 g/mol. The van der Waals surface area contributed by atoms with E-state index < -0.39 is 32.0 Å². The summed E-state index contributed by atoms with van der Waals surface area (Å²) in [6.45, 7) is 4.41. The minimum Gasteiger partial charge on any atom is -0.324 e. The SMILES string of the molecule is Cc1ccc(N(C(C)C(=O)Nc2ccc(S(=O)(=O)N3CCCC3)cc2)S(C)(=O)=O)cc1. The highest BCUT2D eigenvalue weighted by Gasteiger charge is 2.30. The van der Waals surface area contributed by atoms with Crippen LogP contribution in [0.1, 0.15) is 25.3 Å². The first-order chi connectivity index (χ1) is 14.5. The summed E-state index contributed by atoms with van der Waals surface area (Å²) in [4.78, 5) is 13.0. The van der Waals surface area contributed by atoms with E-state index in [2.05, 4.69) is 5.32 Å². The van der Waals surface area contributed by atoms with E-state index in [1.807, 2.05) is 6.92 Å². The number of hydrogen-bond donors (Lipinski definition) is 1. The Kier molecular flexibility index (Phi) is 6.73. The number of anilines is 2. The number of carbonyl (C=O) groups excluding carboxylic acids is 1. The van der Waals surface area contributed by atoms with Crippen molar-refractivity contribution < 1.29 is 21.6 Å². The Balaban J connectivity index is 1.77. The van der Waals surface area contributed by atoms with E-state index in [-0.39, 0.29) is 4.90 Å². The third kappa shape index (κ3) is 5.25. The lowest BCUT2D eigenvalue weighted by molar-refractivity contribution is -0.116. The van der Waals surface area contributed by atoms with Gasteiger partial charge in [-0.2, -0.15) is 4.31 Å². The Morgan fingerprint density at radius 2 is 1.52 bits per heavy atom. The topological polar surface area (TPSA) is 104 Å². The summed E-state index contributed by atoms with van der Waals surface area (Å²) < 4.78 is 52.5. The molecule has 1 amide bonds. The van der Waals surface area contributed by atoms with Gasteiger partial charge in [-0.1, -0.05) is 17.7 Å². The van der Waals surface area contributed by atoms with Crippen LogP contribution in [0.2, 0.25) is 0 Å². The third-order valence-corrected chi connectivity index (χ3v) is 8.36.